The molecule has 0 amide bonds. The third-order valence-electron chi connectivity index (χ3n) is 3.03. The molecule has 112 valence electrons. The number of nitrogens with two attached hydrogens (primary N) is 1. The van der Waals surface area contributed by atoms with Crippen LogP contribution in [0.25, 0.3) is 0 Å². The maximum absolute atomic E-state index is 12.5. The molecule has 20 heavy (non-hydrogen) atoms. The van der Waals surface area contributed by atoms with Crippen LogP contribution in [0.2, 0.25) is 0 Å². The molecule has 0 bridgehead atoms. The number of rotatable bonds is 8. The molecule has 6 heteroatoms. The lowest BCUT2D eigenvalue weighted by molar-refractivity contribution is 0.397. The molecule has 0 unspecified atom stereocenters. The maximum Gasteiger partial charge on any atom is 0.246 e. The van der Waals surface area contributed by atoms with E-state index in [4.69, 9.17) is 10.5 Å². The van der Waals surface area contributed by atoms with Crippen molar-refractivity contribution in [2.45, 2.75) is 24.3 Å². The third kappa shape index (κ3) is 3.82. The van der Waals surface area contributed by atoms with Crippen molar-refractivity contribution < 1.29 is 13.2 Å². The van der Waals surface area contributed by atoms with Gasteiger partial charge in [0.2, 0.25) is 10.0 Å². The SMILES string of the molecule is C=CCCCN(C)S(=O)(=O)c1ccc(CN)cc1OC. The van der Waals surface area contributed by atoms with E-state index in [1.165, 1.54) is 11.4 Å². The third-order valence-corrected chi connectivity index (χ3v) is 4.93. The molecule has 0 saturated carbocycles. The Labute approximate surface area is 121 Å². The van der Waals surface area contributed by atoms with Crippen molar-refractivity contribution in [3.63, 3.8) is 0 Å². The molecule has 0 fully saturated rings. The average Bonchev–Trinajstić information content (AvgIpc) is 2.46. The van der Waals surface area contributed by atoms with Crippen molar-refractivity contribution in [2.24, 2.45) is 5.73 Å². The van der Waals surface area contributed by atoms with E-state index < -0.39 is 10.0 Å². The van der Waals surface area contributed by atoms with E-state index in [1.807, 2.05) is 0 Å². The first-order valence-corrected chi connectivity index (χ1v) is 7.85. The molecular formula is C14H22N2O3S. The summed E-state index contributed by atoms with van der Waals surface area (Å²) in [7, 11) is -0.539. The molecule has 0 spiro atoms. The molecule has 0 atom stereocenters. The highest BCUT2D eigenvalue weighted by atomic mass is 32.2. The first-order chi connectivity index (χ1) is 9.47. The van der Waals surface area contributed by atoms with Gasteiger partial charge in [-0.3, -0.25) is 0 Å². The first-order valence-electron chi connectivity index (χ1n) is 6.41. The minimum absolute atomic E-state index is 0.165. The zero-order chi connectivity index (χ0) is 15.2. The lowest BCUT2D eigenvalue weighted by Crippen LogP contribution is -2.28. The number of methoxy groups -OCH3 is 1. The van der Waals surface area contributed by atoms with Crippen LogP contribution in [0.15, 0.2) is 35.7 Å². The number of hydrogen-bond donors (Lipinski definition) is 1. The largest absolute Gasteiger partial charge is 0.495 e. The molecule has 5 nitrogen and oxygen atoms in total. The van der Waals surface area contributed by atoms with E-state index in [-0.39, 0.29) is 4.90 Å². The Bertz CT molecular complexity index is 556. The summed E-state index contributed by atoms with van der Waals surface area (Å²) in [4.78, 5) is 0.165. The highest BCUT2D eigenvalue weighted by Gasteiger charge is 2.24. The van der Waals surface area contributed by atoms with Gasteiger partial charge in [0.25, 0.3) is 0 Å². The van der Waals surface area contributed by atoms with Crippen molar-refractivity contribution in [3.05, 3.63) is 36.4 Å². The summed E-state index contributed by atoms with van der Waals surface area (Å²) in [6, 6.07) is 4.90. The lowest BCUT2D eigenvalue weighted by Gasteiger charge is -2.19. The number of nitrogens with zero attached hydrogens (tertiary/aromatic N) is 1. The number of sulfonamides is 1. The van der Waals surface area contributed by atoms with Gasteiger partial charge in [0.1, 0.15) is 10.6 Å². The van der Waals surface area contributed by atoms with Gasteiger partial charge >= 0.3 is 0 Å². The van der Waals surface area contributed by atoms with Crippen molar-refractivity contribution >= 4 is 10.0 Å². The highest BCUT2D eigenvalue weighted by molar-refractivity contribution is 7.89. The normalized spacial score (nSPS) is 11.6. The maximum atomic E-state index is 12.5. The van der Waals surface area contributed by atoms with Crippen molar-refractivity contribution in [1.82, 2.24) is 4.31 Å². The Morgan fingerprint density at radius 3 is 2.70 bits per heavy atom. The Morgan fingerprint density at radius 2 is 2.15 bits per heavy atom. The predicted octanol–water partition coefficient (Wildman–Crippen LogP) is 1.74. The van der Waals surface area contributed by atoms with Gasteiger partial charge in [-0.05, 0) is 30.5 Å². The van der Waals surface area contributed by atoms with Gasteiger partial charge in [0.05, 0.1) is 7.11 Å². The van der Waals surface area contributed by atoms with Gasteiger partial charge in [0, 0.05) is 20.1 Å². The fourth-order valence-corrected chi connectivity index (χ4v) is 3.14. The van der Waals surface area contributed by atoms with Gasteiger partial charge in [-0.1, -0.05) is 12.1 Å². The average molecular weight is 298 g/mol. The molecule has 0 saturated heterocycles. The van der Waals surface area contributed by atoms with E-state index in [1.54, 1.807) is 31.3 Å². The summed E-state index contributed by atoms with van der Waals surface area (Å²) in [6.45, 7) is 4.40. The van der Waals surface area contributed by atoms with Crippen molar-refractivity contribution in [3.8, 4) is 5.75 Å². The molecule has 1 aromatic carbocycles. The number of allylic oxidation sites excluding steroid dienone is 1. The van der Waals surface area contributed by atoms with Crippen LogP contribution in [0.3, 0.4) is 0 Å². The summed E-state index contributed by atoms with van der Waals surface area (Å²) in [6.07, 6.45) is 3.29. The topological polar surface area (TPSA) is 72.6 Å². The monoisotopic (exact) mass is 298 g/mol. The van der Waals surface area contributed by atoms with Crippen LogP contribution in [0.4, 0.5) is 0 Å². The second-order valence-corrected chi connectivity index (χ2v) is 6.46. The summed E-state index contributed by atoms with van der Waals surface area (Å²) < 4.78 is 31.5. The molecular weight excluding hydrogens is 276 g/mol. The molecule has 0 aliphatic rings. The fraction of sp³-hybridized carbons (Fsp3) is 0.429. The second-order valence-electron chi connectivity index (χ2n) is 4.45. The van der Waals surface area contributed by atoms with Gasteiger partial charge in [-0.25, -0.2) is 12.7 Å². The predicted molar refractivity (Wildman–Crippen MR) is 80.1 cm³/mol. The summed E-state index contributed by atoms with van der Waals surface area (Å²) >= 11 is 0. The minimum atomic E-state index is -3.55. The fourth-order valence-electron chi connectivity index (χ4n) is 1.80. The Morgan fingerprint density at radius 1 is 1.45 bits per heavy atom. The van der Waals surface area contributed by atoms with E-state index in [0.717, 1.165) is 18.4 Å². The molecule has 0 aliphatic heterocycles. The van der Waals surface area contributed by atoms with Gasteiger partial charge in [-0.2, -0.15) is 0 Å². The molecule has 0 aliphatic carbocycles. The Kier molecular flexibility index (Phi) is 6.19. The van der Waals surface area contributed by atoms with Crippen LogP contribution in [-0.2, 0) is 16.6 Å². The summed E-state index contributed by atoms with van der Waals surface area (Å²) in [5.41, 5.74) is 6.38. The van der Waals surface area contributed by atoms with Crippen LogP contribution in [-0.4, -0.2) is 33.4 Å². The molecule has 1 rings (SSSR count). The number of ether oxygens (including phenoxy) is 1. The molecule has 0 aromatic heterocycles. The minimum Gasteiger partial charge on any atom is -0.495 e. The van der Waals surface area contributed by atoms with E-state index >= 15 is 0 Å². The van der Waals surface area contributed by atoms with E-state index in [9.17, 15) is 8.42 Å². The van der Waals surface area contributed by atoms with Crippen LogP contribution in [0, 0.1) is 0 Å². The molecule has 1 aromatic rings. The standard InChI is InChI=1S/C14H22N2O3S/c1-4-5-6-9-16(2)20(17,18)14-8-7-12(11-15)10-13(14)19-3/h4,7-8,10H,1,5-6,9,11,15H2,2-3H3. The summed E-state index contributed by atoms with van der Waals surface area (Å²) in [5.74, 6) is 0.323. The number of benzene rings is 1. The zero-order valence-corrected chi connectivity index (χ0v) is 12.8. The van der Waals surface area contributed by atoms with E-state index in [0.29, 0.717) is 18.8 Å². The van der Waals surface area contributed by atoms with Crippen LogP contribution in [0.1, 0.15) is 18.4 Å². The van der Waals surface area contributed by atoms with Crippen molar-refractivity contribution in [1.29, 1.82) is 0 Å². The zero-order valence-electron chi connectivity index (χ0n) is 12.0. The Hall–Kier alpha value is -1.37. The van der Waals surface area contributed by atoms with Crippen LogP contribution < -0.4 is 10.5 Å². The van der Waals surface area contributed by atoms with Crippen LogP contribution >= 0.6 is 0 Å². The smallest absolute Gasteiger partial charge is 0.246 e. The first kappa shape index (κ1) is 16.7. The number of hydrogen-bond acceptors (Lipinski definition) is 4. The van der Waals surface area contributed by atoms with Crippen LogP contribution in [0.5, 0.6) is 5.75 Å². The van der Waals surface area contributed by atoms with Gasteiger partial charge < -0.3 is 10.5 Å². The van der Waals surface area contributed by atoms with Crippen molar-refractivity contribution in [2.75, 3.05) is 20.7 Å². The molecule has 2 N–H and O–H groups in total. The van der Waals surface area contributed by atoms with Gasteiger partial charge in [-0.15, -0.1) is 6.58 Å². The van der Waals surface area contributed by atoms with Gasteiger partial charge in [0.15, 0.2) is 0 Å². The quantitative estimate of drug-likeness (QED) is 0.586. The summed E-state index contributed by atoms with van der Waals surface area (Å²) in [5, 5.41) is 0. The molecule has 0 heterocycles. The highest BCUT2D eigenvalue weighted by Crippen LogP contribution is 2.27. The second kappa shape index (κ2) is 7.42. The van der Waals surface area contributed by atoms with E-state index in [2.05, 4.69) is 6.58 Å². The molecule has 0 radical (unpaired) electrons. The Balaban J connectivity index is 3.05. The lowest BCUT2D eigenvalue weighted by atomic mass is 10.2. The number of unbranched alkanes of at least 4 members (excludes halogenated alkanes) is 1.